The lowest BCUT2D eigenvalue weighted by Crippen LogP contribution is -2.45. The summed E-state index contributed by atoms with van der Waals surface area (Å²) in [4.78, 5) is 47.5. The number of amides is 3. The topological polar surface area (TPSA) is 163 Å². The van der Waals surface area contributed by atoms with Crippen LogP contribution in [-0.2, 0) is 14.4 Å². The van der Waals surface area contributed by atoms with Crippen molar-refractivity contribution in [2.45, 2.75) is 18.9 Å². The molecule has 3 aromatic carbocycles. The molecule has 1 aliphatic rings. The Bertz CT molecular complexity index is 1740. The van der Waals surface area contributed by atoms with Crippen LogP contribution < -0.4 is 21.1 Å². The highest BCUT2D eigenvalue weighted by Crippen LogP contribution is 2.33. The van der Waals surface area contributed by atoms with Crippen molar-refractivity contribution in [2.75, 3.05) is 23.7 Å². The Labute approximate surface area is 256 Å². The number of nitrogens with zero attached hydrogens (tertiary/aromatic N) is 3. The second kappa shape index (κ2) is 13.3. The number of rotatable bonds is 10. The monoisotopic (exact) mass is 615 g/mol. The predicted octanol–water partition coefficient (Wildman–Crippen LogP) is 4.62. The van der Waals surface area contributed by atoms with Crippen LogP contribution in [0.2, 0.25) is 5.02 Å². The van der Waals surface area contributed by atoms with Gasteiger partial charge in [0.05, 0.1) is 24.6 Å². The van der Waals surface area contributed by atoms with E-state index >= 15 is 4.39 Å². The number of hydrogen-bond acceptors (Lipinski definition) is 8. The Morgan fingerprint density at radius 3 is 2.52 bits per heavy atom. The van der Waals surface area contributed by atoms with Gasteiger partial charge < -0.3 is 26.0 Å². The predicted molar refractivity (Wildman–Crippen MR) is 163 cm³/mol. The first-order valence-corrected chi connectivity index (χ1v) is 13.9. The minimum absolute atomic E-state index is 0.0242. The Morgan fingerprint density at radius 1 is 1.02 bits per heavy atom. The van der Waals surface area contributed by atoms with Gasteiger partial charge in [0.1, 0.15) is 23.8 Å². The van der Waals surface area contributed by atoms with Gasteiger partial charge in [-0.1, -0.05) is 41.9 Å². The highest BCUT2D eigenvalue weighted by Gasteiger charge is 2.34. The van der Waals surface area contributed by atoms with Crippen LogP contribution in [0, 0.1) is 11.2 Å². The highest BCUT2D eigenvalue weighted by atomic mass is 35.5. The maximum atomic E-state index is 15.4. The fraction of sp³-hybridized carbons (Fsp3) is 0.161. The number of aromatic nitrogens is 2. The number of carbonyl (C=O) groups excluding carboxylic acids is 3. The van der Waals surface area contributed by atoms with Crippen molar-refractivity contribution in [2.24, 2.45) is 5.73 Å². The van der Waals surface area contributed by atoms with Crippen molar-refractivity contribution in [3.63, 3.8) is 0 Å². The Hall–Kier alpha value is -5.36. The average Bonchev–Trinajstić information content (AvgIpc) is 3.52. The summed E-state index contributed by atoms with van der Waals surface area (Å²) in [5, 5.41) is 14.1. The maximum Gasteiger partial charge on any atom is 0.267 e. The summed E-state index contributed by atoms with van der Waals surface area (Å²) in [6, 6.07) is 15.2. The van der Waals surface area contributed by atoms with Gasteiger partial charge in [-0.2, -0.15) is 0 Å². The maximum absolute atomic E-state index is 15.4. The Balaban J connectivity index is 1.28. The van der Waals surface area contributed by atoms with Crippen molar-refractivity contribution in [3.8, 4) is 22.6 Å². The molecular weight excluding hydrogens is 589 g/mol. The van der Waals surface area contributed by atoms with Crippen molar-refractivity contribution in [3.05, 3.63) is 95.8 Å². The molecule has 1 aromatic heterocycles. The molecule has 1 saturated heterocycles. The van der Waals surface area contributed by atoms with E-state index in [4.69, 9.17) is 27.5 Å². The van der Waals surface area contributed by atoms with Gasteiger partial charge in [-0.15, -0.1) is 0 Å². The van der Waals surface area contributed by atoms with E-state index < -0.39 is 35.3 Å². The van der Waals surface area contributed by atoms with Gasteiger partial charge in [0, 0.05) is 33.9 Å². The zero-order valence-electron chi connectivity index (χ0n) is 23.2. The number of anilines is 2. The molecule has 1 aliphatic heterocycles. The van der Waals surface area contributed by atoms with Crippen molar-refractivity contribution < 1.29 is 23.5 Å². The first-order chi connectivity index (χ1) is 21.2. The minimum Gasteiger partial charge on any atom is -0.454 e. The molecule has 0 aliphatic carbocycles. The molecule has 0 radical (unpaired) electrons. The van der Waals surface area contributed by atoms with Gasteiger partial charge in [-0.3, -0.25) is 19.8 Å². The number of hydrogen-bond donors (Lipinski definition) is 4. The molecule has 11 nitrogen and oxygen atoms in total. The van der Waals surface area contributed by atoms with Crippen LogP contribution in [0.3, 0.4) is 0 Å². The number of carbonyl (C=O) groups is 3. The Morgan fingerprint density at radius 2 is 1.77 bits per heavy atom. The standard InChI is InChI=1S/C31H27ClFN7O4/c32-23-7-2-1-5-20(23)21-6-3-8-25(28(21)33)39-31(43)26-9-4-12-40(26)27(41)16-38-24-11-10-18(13-22(24)29(34)30(35)42)44-19-14-36-17-37-15-19/h1-3,5-8,10-11,13-15,17,26,34,38H,4,9,12,16H2,(H2,35,42)(H,39,43). The lowest BCUT2D eigenvalue weighted by molar-refractivity contribution is -0.135. The highest BCUT2D eigenvalue weighted by molar-refractivity contribution is 6.44. The summed E-state index contributed by atoms with van der Waals surface area (Å²) in [7, 11) is 0. The van der Waals surface area contributed by atoms with Crippen LogP contribution in [-0.4, -0.2) is 57.4 Å². The van der Waals surface area contributed by atoms with Gasteiger partial charge in [0.15, 0.2) is 11.6 Å². The van der Waals surface area contributed by atoms with Crippen molar-refractivity contribution in [1.82, 2.24) is 14.9 Å². The van der Waals surface area contributed by atoms with Crippen molar-refractivity contribution >= 4 is 46.4 Å². The van der Waals surface area contributed by atoms with Crippen LogP contribution in [0.15, 0.2) is 79.4 Å². The molecule has 5 N–H and O–H groups in total. The second-order valence-corrected chi connectivity index (χ2v) is 10.3. The molecular formula is C31H27ClFN7O4. The smallest absolute Gasteiger partial charge is 0.267 e. The summed E-state index contributed by atoms with van der Waals surface area (Å²) in [5.74, 6) is -1.89. The fourth-order valence-corrected chi connectivity index (χ4v) is 5.13. The molecule has 44 heavy (non-hydrogen) atoms. The van der Waals surface area contributed by atoms with E-state index in [1.807, 2.05) is 0 Å². The average molecular weight is 616 g/mol. The van der Waals surface area contributed by atoms with E-state index in [1.165, 1.54) is 35.8 Å². The minimum atomic E-state index is -0.971. The number of halogens is 2. The number of benzene rings is 3. The van der Waals surface area contributed by atoms with Gasteiger partial charge in [0.25, 0.3) is 5.91 Å². The molecule has 1 unspecified atom stereocenters. The zero-order chi connectivity index (χ0) is 31.2. The fourth-order valence-electron chi connectivity index (χ4n) is 4.90. The number of nitrogens with one attached hydrogen (secondary N) is 3. The molecule has 1 atom stereocenters. The van der Waals surface area contributed by atoms with E-state index in [-0.39, 0.29) is 29.0 Å². The third-order valence-electron chi connectivity index (χ3n) is 7.01. The van der Waals surface area contributed by atoms with Gasteiger partial charge in [0.2, 0.25) is 11.8 Å². The molecule has 0 spiro atoms. The van der Waals surface area contributed by atoms with Crippen LogP contribution in [0.4, 0.5) is 15.8 Å². The van der Waals surface area contributed by atoms with Gasteiger partial charge in [-0.05, 0) is 43.2 Å². The summed E-state index contributed by atoms with van der Waals surface area (Å²) in [6.07, 6.45) is 5.22. The van der Waals surface area contributed by atoms with Crippen LogP contribution in [0.5, 0.6) is 11.5 Å². The van der Waals surface area contributed by atoms with E-state index in [2.05, 4.69) is 20.6 Å². The molecule has 1 fully saturated rings. The van der Waals surface area contributed by atoms with Crippen LogP contribution >= 0.6 is 11.6 Å². The van der Waals surface area contributed by atoms with Gasteiger partial charge >= 0.3 is 0 Å². The molecule has 2 heterocycles. The summed E-state index contributed by atoms with van der Waals surface area (Å²) >= 11 is 6.25. The SMILES string of the molecule is N=C(C(N)=O)c1cc(Oc2cncnc2)ccc1NCC(=O)N1CCCC1C(=O)Nc1cccc(-c2ccccc2Cl)c1F. The number of likely N-dealkylation sites (tertiary alicyclic amines) is 1. The second-order valence-electron chi connectivity index (χ2n) is 9.86. The molecule has 0 bridgehead atoms. The largest absolute Gasteiger partial charge is 0.454 e. The molecule has 3 amide bonds. The molecule has 4 aromatic rings. The number of primary amides is 1. The first kappa shape index (κ1) is 30.1. The molecule has 13 heteroatoms. The van der Waals surface area contributed by atoms with E-state index in [9.17, 15) is 14.4 Å². The van der Waals surface area contributed by atoms with Gasteiger partial charge in [-0.25, -0.2) is 14.4 Å². The number of nitrogens with two attached hydrogens (primary N) is 1. The lowest BCUT2D eigenvalue weighted by atomic mass is 10.0. The van der Waals surface area contributed by atoms with Crippen molar-refractivity contribution in [1.29, 1.82) is 5.41 Å². The van der Waals surface area contributed by atoms with Crippen LogP contribution in [0.1, 0.15) is 18.4 Å². The Kier molecular flexibility index (Phi) is 9.10. The summed E-state index contributed by atoms with van der Waals surface area (Å²) in [6.45, 7) is 0.0858. The zero-order valence-corrected chi connectivity index (χ0v) is 24.0. The van der Waals surface area contributed by atoms with E-state index in [0.717, 1.165) is 0 Å². The molecule has 0 saturated carbocycles. The summed E-state index contributed by atoms with van der Waals surface area (Å²) < 4.78 is 21.1. The van der Waals surface area contributed by atoms with E-state index in [0.29, 0.717) is 41.5 Å². The third-order valence-corrected chi connectivity index (χ3v) is 7.34. The third kappa shape index (κ3) is 6.65. The normalized spacial score (nSPS) is 14.1. The van der Waals surface area contributed by atoms with E-state index in [1.54, 1.807) is 48.5 Å². The molecule has 224 valence electrons. The number of ether oxygens (including phenoxy) is 1. The summed E-state index contributed by atoms with van der Waals surface area (Å²) in [5.41, 5.74) is 5.98. The first-order valence-electron chi connectivity index (χ1n) is 13.6. The van der Waals surface area contributed by atoms with Crippen LogP contribution in [0.25, 0.3) is 11.1 Å². The quantitative estimate of drug-likeness (QED) is 0.189. The molecule has 5 rings (SSSR count). The lowest BCUT2D eigenvalue weighted by Gasteiger charge is -2.25.